The summed E-state index contributed by atoms with van der Waals surface area (Å²) in [6.45, 7) is 7.34. The maximum absolute atomic E-state index is 10.6. The minimum atomic E-state index is -1.01. The van der Waals surface area contributed by atoms with Gasteiger partial charge in [-0.2, -0.15) is 0 Å². The van der Waals surface area contributed by atoms with Gasteiger partial charge in [0, 0.05) is 10.8 Å². The van der Waals surface area contributed by atoms with Gasteiger partial charge in [0.15, 0.2) is 0 Å². The number of hydrogen-bond acceptors (Lipinski definition) is 3. The van der Waals surface area contributed by atoms with Gasteiger partial charge in [0.25, 0.3) is 0 Å². The molecule has 0 aliphatic heterocycles. The van der Waals surface area contributed by atoms with Gasteiger partial charge in [-0.15, -0.1) is 0 Å². The van der Waals surface area contributed by atoms with E-state index in [1.54, 1.807) is 21.3 Å². The highest BCUT2D eigenvalue weighted by molar-refractivity contribution is 6.51. The van der Waals surface area contributed by atoms with Crippen LogP contribution in [-0.4, -0.2) is 23.8 Å². The second-order valence-corrected chi connectivity index (χ2v) is 10.9. The van der Waals surface area contributed by atoms with Crippen molar-refractivity contribution in [1.29, 1.82) is 0 Å². The molecule has 38 heavy (non-hydrogen) atoms. The van der Waals surface area contributed by atoms with E-state index in [4.69, 9.17) is 9.07 Å². The first-order valence-corrected chi connectivity index (χ1v) is 13.0. The highest BCUT2D eigenvalue weighted by atomic mass is 16.5. The minimum absolute atomic E-state index is 0.765. The van der Waals surface area contributed by atoms with Gasteiger partial charge < -0.3 is 14.2 Å². The van der Waals surface area contributed by atoms with Crippen LogP contribution in [0.1, 0.15) is 27.7 Å². The van der Waals surface area contributed by atoms with Gasteiger partial charge in [-0.1, -0.05) is 78.9 Å². The molecule has 6 aromatic rings. The van der Waals surface area contributed by atoms with Crippen LogP contribution >= 0.6 is 0 Å². The number of aliphatic hydroxyl groups is 1. The predicted molar refractivity (Wildman–Crippen MR) is 159 cm³/mol. The molecule has 1 radical (unpaired) electrons. The topological polar surface area (TPSA) is 42.6 Å². The summed E-state index contributed by atoms with van der Waals surface area (Å²) in [6, 6.07) is 35.8. The lowest BCUT2D eigenvalue weighted by Crippen LogP contribution is -2.49. The number of fused-ring (bicyclic) bond motifs is 4. The first-order chi connectivity index (χ1) is 18.2. The lowest BCUT2D eigenvalue weighted by molar-refractivity contribution is -0.0893. The van der Waals surface area contributed by atoms with E-state index in [-0.39, 0.29) is 0 Å². The van der Waals surface area contributed by atoms with E-state index >= 15 is 0 Å². The molecule has 1 N–H and O–H groups in total. The van der Waals surface area contributed by atoms with Crippen LogP contribution in [0.3, 0.4) is 0 Å². The number of rotatable bonds is 6. The Morgan fingerprint density at radius 3 is 2.21 bits per heavy atom. The molecule has 1 aromatic heterocycles. The number of benzene rings is 5. The lowest BCUT2D eigenvalue weighted by atomic mass is 9.78. The summed E-state index contributed by atoms with van der Waals surface area (Å²) in [4.78, 5) is 0. The fourth-order valence-electron chi connectivity index (χ4n) is 4.83. The van der Waals surface area contributed by atoms with Crippen LogP contribution in [0.4, 0.5) is 0 Å². The van der Waals surface area contributed by atoms with Gasteiger partial charge in [0.05, 0.1) is 11.2 Å². The van der Waals surface area contributed by atoms with Gasteiger partial charge in [0.2, 0.25) is 0 Å². The first-order valence-electron chi connectivity index (χ1n) is 13.0. The monoisotopic (exact) mass is 497 g/mol. The molecule has 4 heteroatoms. The van der Waals surface area contributed by atoms with Crippen molar-refractivity contribution in [3.05, 3.63) is 103 Å². The van der Waals surface area contributed by atoms with E-state index in [1.807, 2.05) is 38.1 Å². The Morgan fingerprint density at radius 1 is 0.658 bits per heavy atom. The number of hydrogen-bond donors (Lipinski definition) is 1. The minimum Gasteiger partial charge on any atom is -0.456 e. The van der Waals surface area contributed by atoms with Crippen LogP contribution in [0.25, 0.3) is 55.0 Å². The molecule has 3 nitrogen and oxygen atoms in total. The summed E-state index contributed by atoms with van der Waals surface area (Å²) < 4.78 is 12.5. The summed E-state index contributed by atoms with van der Waals surface area (Å²) in [5.41, 5.74) is 5.45. The Labute approximate surface area is 224 Å². The van der Waals surface area contributed by atoms with E-state index in [2.05, 4.69) is 78.9 Å². The molecule has 187 valence electrons. The SMILES string of the molecule is CC(C)(O)C(C)(C)O[B]c1cc(-c2cccc3oc4ccc(-c5ccccc5)cc4c23)cc2ccccc12. The Balaban J connectivity index is 1.52. The molecule has 0 bridgehead atoms. The molecule has 0 fully saturated rings. The lowest BCUT2D eigenvalue weighted by Gasteiger charge is -2.37. The largest absolute Gasteiger partial charge is 0.456 e. The van der Waals surface area contributed by atoms with E-state index in [9.17, 15) is 5.11 Å². The van der Waals surface area contributed by atoms with Crippen molar-refractivity contribution < 1.29 is 14.2 Å². The Bertz CT molecular complexity index is 1780. The fraction of sp³-hybridized carbons (Fsp3) is 0.176. The van der Waals surface area contributed by atoms with Crippen molar-refractivity contribution in [2.75, 3.05) is 0 Å². The second-order valence-electron chi connectivity index (χ2n) is 10.9. The molecule has 0 spiro atoms. The molecule has 0 saturated carbocycles. The summed E-state index contributed by atoms with van der Waals surface area (Å²) in [5.74, 6) is 0. The van der Waals surface area contributed by atoms with Gasteiger partial charge >= 0.3 is 7.48 Å². The van der Waals surface area contributed by atoms with Crippen molar-refractivity contribution >= 4 is 45.7 Å². The van der Waals surface area contributed by atoms with Crippen molar-refractivity contribution in [2.24, 2.45) is 0 Å². The van der Waals surface area contributed by atoms with E-state index in [1.165, 1.54) is 5.56 Å². The van der Waals surface area contributed by atoms with Crippen LogP contribution in [0.15, 0.2) is 108 Å². The fourth-order valence-corrected chi connectivity index (χ4v) is 4.83. The molecule has 0 aliphatic carbocycles. The van der Waals surface area contributed by atoms with Gasteiger partial charge in [-0.05, 0) is 90.4 Å². The third kappa shape index (κ3) is 4.30. The summed E-state index contributed by atoms with van der Waals surface area (Å²) >= 11 is 0. The molecular formula is C34H30BO3. The third-order valence-corrected chi connectivity index (χ3v) is 7.76. The van der Waals surface area contributed by atoms with E-state index in [0.717, 1.165) is 54.9 Å². The quantitative estimate of drug-likeness (QED) is 0.238. The average Bonchev–Trinajstić information content (AvgIpc) is 3.29. The average molecular weight is 497 g/mol. The molecular weight excluding hydrogens is 467 g/mol. The molecule has 1 heterocycles. The number of furan rings is 1. The predicted octanol–water partition coefficient (Wildman–Crippen LogP) is 7.88. The zero-order valence-electron chi connectivity index (χ0n) is 22.2. The molecule has 6 rings (SSSR count). The smallest absolute Gasteiger partial charge is 0.331 e. The Hall–Kier alpha value is -3.86. The molecule has 5 aromatic carbocycles. The Kier molecular flexibility index (Phi) is 5.90. The van der Waals surface area contributed by atoms with E-state index < -0.39 is 11.2 Å². The van der Waals surface area contributed by atoms with Gasteiger partial charge in [0.1, 0.15) is 11.2 Å². The normalized spacial score (nSPS) is 12.4. The summed E-state index contributed by atoms with van der Waals surface area (Å²) in [6.07, 6.45) is 0. The zero-order valence-corrected chi connectivity index (χ0v) is 22.2. The van der Waals surface area contributed by atoms with Gasteiger partial charge in [-0.25, -0.2) is 0 Å². The molecule has 0 atom stereocenters. The third-order valence-electron chi connectivity index (χ3n) is 7.76. The summed E-state index contributed by atoms with van der Waals surface area (Å²) in [5, 5.41) is 15.0. The maximum atomic E-state index is 10.6. The molecule has 0 amide bonds. The van der Waals surface area contributed by atoms with E-state index in [0.29, 0.717) is 0 Å². The maximum Gasteiger partial charge on any atom is 0.331 e. The molecule has 0 saturated heterocycles. The molecule has 0 aliphatic rings. The van der Waals surface area contributed by atoms with Crippen LogP contribution in [0.5, 0.6) is 0 Å². The van der Waals surface area contributed by atoms with Crippen LogP contribution in [0, 0.1) is 0 Å². The van der Waals surface area contributed by atoms with Crippen LogP contribution in [-0.2, 0) is 4.65 Å². The van der Waals surface area contributed by atoms with Crippen molar-refractivity contribution in [3.63, 3.8) is 0 Å². The van der Waals surface area contributed by atoms with Crippen molar-refractivity contribution in [3.8, 4) is 22.3 Å². The standard InChI is InChI=1S/C34H30BO3/c1-33(2,36)34(3,4)38-35-29-21-25(19-24-13-8-9-14-26(24)29)27-15-10-16-31-32(27)28-20-23(17-18-30(28)37-31)22-11-6-5-7-12-22/h5-21,36H,1-4H3. The highest BCUT2D eigenvalue weighted by Gasteiger charge is 2.36. The van der Waals surface area contributed by atoms with Gasteiger partial charge in [-0.3, -0.25) is 0 Å². The van der Waals surface area contributed by atoms with Crippen molar-refractivity contribution in [2.45, 2.75) is 38.9 Å². The van der Waals surface area contributed by atoms with Crippen LogP contribution in [0.2, 0.25) is 0 Å². The molecule has 0 unspecified atom stereocenters. The Morgan fingerprint density at radius 2 is 1.42 bits per heavy atom. The second kappa shape index (κ2) is 9.16. The highest BCUT2D eigenvalue weighted by Crippen LogP contribution is 2.39. The van der Waals surface area contributed by atoms with Crippen LogP contribution < -0.4 is 5.46 Å². The summed E-state index contributed by atoms with van der Waals surface area (Å²) in [7, 11) is 1.78. The zero-order chi connectivity index (χ0) is 26.5. The first kappa shape index (κ1) is 24.5. The van der Waals surface area contributed by atoms with Crippen molar-refractivity contribution in [1.82, 2.24) is 0 Å².